The molecule has 90 valence electrons. The zero-order valence-corrected chi connectivity index (χ0v) is 10.7. The number of carbonyl (C=O) groups is 1. The predicted molar refractivity (Wildman–Crippen MR) is 66.4 cm³/mol. The van der Waals surface area contributed by atoms with Crippen molar-refractivity contribution in [3.8, 4) is 0 Å². The number of carbonyl (C=O) groups excluding carboxylic acids is 1. The van der Waals surface area contributed by atoms with Gasteiger partial charge in [-0.3, -0.25) is 10.1 Å². The van der Waals surface area contributed by atoms with Gasteiger partial charge in [-0.1, -0.05) is 12.8 Å². The van der Waals surface area contributed by atoms with Gasteiger partial charge in [0.1, 0.15) is 0 Å². The van der Waals surface area contributed by atoms with E-state index in [2.05, 4.69) is 16.5 Å². The first-order valence-electron chi connectivity index (χ1n) is 6.36. The second kappa shape index (κ2) is 3.91. The maximum atomic E-state index is 12.3. The van der Waals surface area contributed by atoms with Crippen LogP contribution in [-0.4, -0.2) is 40.6 Å². The average molecular weight is 240 g/mol. The molecule has 3 nitrogen and oxygen atoms in total. The Hall–Kier alpha value is -0.220. The highest BCUT2D eigenvalue weighted by molar-refractivity contribution is 7.99. The van der Waals surface area contributed by atoms with Crippen LogP contribution in [0.3, 0.4) is 0 Å². The summed E-state index contributed by atoms with van der Waals surface area (Å²) >= 11 is 1.94. The van der Waals surface area contributed by atoms with E-state index in [9.17, 15) is 4.79 Å². The lowest BCUT2D eigenvalue weighted by atomic mass is 9.93. The Morgan fingerprint density at radius 1 is 1.38 bits per heavy atom. The predicted octanol–water partition coefficient (Wildman–Crippen LogP) is 1.58. The molecule has 2 unspecified atom stereocenters. The summed E-state index contributed by atoms with van der Waals surface area (Å²) in [5, 5.41) is 4.08. The first kappa shape index (κ1) is 10.9. The van der Waals surface area contributed by atoms with Gasteiger partial charge in [-0.15, -0.1) is 0 Å². The van der Waals surface area contributed by atoms with Crippen LogP contribution in [0.2, 0.25) is 0 Å². The van der Waals surface area contributed by atoms with Crippen molar-refractivity contribution >= 4 is 17.7 Å². The Balaban J connectivity index is 1.74. The molecule has 2 atom stereocenters. The van der Waals surface area contributed by atoms with Gasteiger partial charge in [-0.05, 0) is 31.9 Å². The van der Waals surface area contributed by atoms with E-state index in [1.807, 2.05) is 11.8 Å². The molecule has 3 fully saturated rings. The summed E-state index contributed by atoms with van der Waals surface area (Å²) < 4.78 is 0. The maximum absolute atomic E-state index is 12.3. The van der Waals surface area contributed by atoms with Crippen molar-refractivity contribution in [3.63, 3.8) is 0 Å². The highest BCUT2D eigenvalue weighted by Crippen LogP contribution is 2.43. The van der Waals surface area contributed by atoms with E-state index in [1.165, 1.54) is 25.7 Å². The molecule has 4 heteroatoms. The van der Waals surface area contributed by atoms with Crippen LogP contribution in [0.25, 0.3) is 0 Å². The molecule has 1 heterocycles. The number of nitrogens with one attached hydrogen (secondary N) is 1. The van der Waals surface area contributed by atoms with Gasteiger partial charge in [-0.25, -0.2) is 0 Å². The minimum atomic E-state index is -0.111. The first-order chi connectivity index (χ1) is 7.77. The quantitative estimate of drug-likeness (QED) is 0.795. The third-order valence-corrected chi connectivity index (χ3v) is 5.53. The number of nitrogens with zero attached hydrogens (tertiary/aromatic N) is 1. The van der Waals surface area contributed by atoms with Crippen LogP contribution in [0.4, 0.5) is 0 Å². The van der Waals surface area contributed by atoms with E-state index in [0.29, 0.717) is 17.2 Å². The van der Waals surface area contributed by atoms with Crippen molar-refractivity contribution in [1.82, 2.24) is 10.2 Å². The highest BCUT2D eigenvalue weighted by Gasteiger charge is 2.57. The zero-order valence-electron chi connectivity index (χ0n) is 9.87. The summed E-state index contributed by atoms with van der Waals surface area (Å²) in [4.78, 5) is 14.4. The Morgan fingerprint density at radius 3 is 2.75 bits per heavy atom. The summed E-state index contributed by atoms with van der Waals surface area (Å²) in [6, 6.07) is 0.490. The van der Waals surface area contributed by atoms with Gasteiger partial charge in [0.15, 0.2) is 0 Å². The fourth-order valence-corrected chi connectivity index (χ4v) is 4.15. The molecule has 0 aromatic carbocycles. The third kappa shape index (κ3) is 1.58. The van der Waals surface area contributed by atoms with E-state index in [-0.39, 0.29) is 5.54 Å². The SMILES string of the molecule is CSC1CCCCC1N1CNC2(CC2)C1=O. The van der Waals surface area contributed by atoms with Crippen molar-refractivity contribution in [2.75, 3.05) is 12.9 Å². The Bertz CT molecular complexity index is 303. The molecule has 1 aliphatic heterocycles. The number of hydrogen-bond donors (Lipinski definition) is 1. The molecule has 2 aliphatic carbocycles. The molecule has 3 rings (SSSR count). The average Bonchev–Trinajstić information content (AvgIpc) is 3.03. The van der Waals surface area contributed by atoms with Gasteiger partial charge >= 0.3 is 0 Å². The molecular formula is C12H20N2OS. The molecular weight excluding hydrogens is 220 g/mol. The van der Waals surface area contributed by atoms with E-state index < -0.39 is 0 Å². The number of hydrogen-bond acceptors (Lipinski definition) is 3. The Kier molecular flexibility index (Phi) is 2.67. The lowest BCUT2D eigenvalue weighted by molar-refractivity contribution is -0.132. The molecule has 0 aromatic heterocycles. The van der Waals surface area contributed by atoms with Gasteiger partial charge in [0.05, 0.1) is 12.2 Å². The number of amides is 1. The molecule has 1 spiro atoms. The second-order valence-corrected chi connectivity index (χ2v) is 6.39. The minimum Gasteiger partial charge on any atom is -0.324 e. The molecule has 16 heavy (non-hydrogen) atoms. The molecule has 0 radical (unpaired) electrons. The summed E-state index contributed by atoms with van der Waals surface area (Å²) in [6.45, 7) is 0.792. The largest absolute Gasteiger partial charge is 0.324 e. The van der Waals surface area contributed by atoms with Crippen molar-refractivity contribution < 1.29 is 4.79 Å². The number of thioether (sulfide) groups is 1. The van der Waals surface area contributed by atoms with Crippen LogP contribution < -0.4 is 5.32 Å². The van der Waals surface area contributed by atoms with E-state index in [1.54, 1.807) is 0 Å². The van der Waals surface area contributed by atoms with Crippen molar-refractivity contribution in [1.29, 1.82) is 0 Å². The molecule has 3 aliphatic rings. The van der Waals surface area contributed by atoms with Crippen molar-refractivity contribution in [2.24, 2.45) is 0 Å². The molecule has 1 saturated heterocycles. The fourth-order valence-electron chi connectivity index (χ4n) is 3.15. The zero-order chi connectivity index (χ0) is 11.2. The maximum Gasteiger partial charge on any atom is 0.244 e. The van der Waals surface area contributed by atoms with Crippen LogP contribution in [0.5, 0.6) is 0 Å². The highest BCUT2D eigenvalue weighted by atomic mass is 32.2. The summed E-state index contributed by atoms with van der Waals surface area (Å²) in [6.07, 6.45) is 9.40. The smallest absolute Gasteiger partial charge is 0.244 e. The molecule has 0 bridgehead atoms. The van der Waals surface area contributed by atoms with Crippen LogP contribution >= 0.6 is 11.8 Å². The van der Waals surface area contributed by atoms with E-state index in [4.69, 9.17) is 0 Å². The molecule has 2 saturated carbocycles. The van der Waals surface area contributed by atoms with E-state index in [0.717, 1.165) is 19.5 Å². The summed E-state index contributed by atoms with van der Waals surface area (Å²) in [7, 11) is 0. The molecule has 0 aromatic rings. The van der Waals surface area contributed by atoms with Crippen LogP contribution in [0, 0.1) is 0 Å². The van der Waals surface area contributed by atoms with Gasteiger partial charge < -0.3 is 4.90 Å². The van der Waals surface area contributed by atoms with Gasteiger partial charge in [-0.2, -0.15) is 11.8 Å². The Morgan fingerprint density at radius 2 is 2.12 bits per heavy atom. The Labute approximate surface area is 101 Å². The minimum absolute atomic E-state index is 0.111. The summed E-state index contributed by atoms with van der Waals surface area (Å²) in [5.74, 6) is 0.387. The van der Waals surface area contributed by atoms with Crippen molar-refractivity contribution in [3.05, 3.63) is 0 Å². The molecule has 1 amide bonds. The number of rotatable bonds is 2. The van der Waals surface area contributed by atoms with E-state index >= 15 is 0 Å². The van der Waals surface area contributed by atoms with Gasteiger partial charge in [0, 0.05) is 11.3 Å². The van der Waals surface area contributed by atoms with Crippen LogP contribution in [-0.2, 0) is 4.79 Å². The lowest BCUT2D eigenvalue weighted by Gasteiger charge is -2.36. The first-order valence-corrected chi connectivity index (χ1v) is 7.64. The van der Waals surface area contributed by atoms with Gasteiger partial charge in [0.2, 0.25) is 5.91 Å². The van der Waals surface area contributed by atoms with Crippen LogP contribution in [0.15, 0.2) is 0 Å². The van der Waals surface area contributed by atoms with Gasteiger partial charge in [0.25, 0.3) is 0 Å². The topological polar surface area (TPSA) is 32.3 Å². The lowest BCUT2D eigenvalue weighted by Crippen LogP contribution is -2.46. The van der Waals surface area contributed by atoms with Crippen molar-refractivity contribution in [2.45, 2.75) is 55.4 Å². The third-order valence-electron chi connectivity index (χ3n) is 4.38. The monoisotopic (exact) mass is 240 g/mol. The normalized spacial score (nSPS) is 37.1. The molecule has 1 N–H and O–H groups in total. The standard InChI is InChI=1S/C12H20N2OS/c1-16-10-5-3-2-4-9(10)14-8-13-12(6-7-12)11(14)15/h9-10,13H,2-8H2,1H3. The van der Waals surface area contributed by atoms with Crippen LogP contribution in [0.1, 0.15) is 38.5 Å². The fraction of sp³-hybridized carbons (Fsp3) is 0.917. The summed E-state index contributed by atoms with van der Waals surface area (Å²) in [5.41, 5.74) is -0.111. The second-order valence-electron chi connectivity index (χ2n) is 5.32.